The summed E-state index contributed by atoms with van der Waals surface area (Å²) >= 11 is 0. The summed E-state index contributed by atoms with van der Waals surface area (Å²) in [5, 5.41) is 0. The van der Waals surface area contributed by atoms with E-state index in [1.807, 2.05) is 18.2 Å². The summed E-state index contributed by atoms with van der Waals surface area (Å²) in [4.78, 5) is 11.6. The number of allylic oxidation sites excluding steroid dienone is 2. The van der Waals surface area contributed by atoms with Crippen molar-refractivity contribution < 1.29 is 9.53 Å². The molecule has 0 saturated carbocycles. The number of hydrogen-bond donors (Lipinski definition) is 0. The van der Waals surface area contributed by atoms with Crippen molar-refractivity contribution in [2.75, 3.05) is 0 Å². The van der Waals surface area contributed by atoms with Gasteiger partial charge in [-0.15, -0.1) is 0 Å². The molecule has 0 aromatic heterocycles. The number of esters is 1. The van der Waals surface area contributed by atoms with Gasteiger partial charge in [-0.3, -0.25) is 4.79 Å². The lowest BCUT2D eigenvalue weighted by Gasteiger charge is -2.02. The Morgan fingerprint density at radius 2 is 1.62 bits per heavy atom. The maximum absolute atomic E-state index is 11.6. The molecule has 0 amide bonds. The zero-order chi connectivity index (χ0) is 15.2. The van der Waals surface area contributed by atoms with Crippen LogP contribution in [0.2, 0.25) is 0 Å². The lowest BCUT2D eigenvalue weighted by molar-refractivity contribution is -0.134. The van der Waals surface area contributed by atoms with Gasteiger partial charge in [-0.2, -0.15) is 0 Å². The van der Waals surface area contributed by atoms with Crippen LogP contribution in [-0.2, 0) is 4.79 Å². The summed E-state index contributed by atoms with van der Waals surface area (Å²) < 4.78 is 5.22. The summed E-state index contributed by atoms with van der Waals surface area (Å²) in [6, 6.07) is 9.23. The Morgan fingerprint density at radius 3 is 2.38 bits per heavy atom. The minimum absolute atomic E-state index is 0.162. The largest absolute Gasteiger partial charge is 0.427 e. The Hall–Kier alpha value is -1.57. The molecule has 0 aliphatic rings. The lowest BCUT2D eigenvalue weighted by atomic mass is 10.1. The van der Waals surface area contributed by atoms with Crippen LogP contribution in [0.25, 0.3) is 0 Å². The van der Waals surface area contributed by atoms with Crippen molar-refractivity contribution in [3.05, 3.63) is 42.5 Å². The first-order valence-corrected chi connectivity index (χ1v) is 8.23. The summed E-state index contributed by atoms with van der Waals surface area (Å²) in [6.07, 6.45) is 14.6. The minimum Gasteiger partial charge on any atom is -0.427 e. The first kappa shape index (κ1) is 17.5. The molecule has 2 heteroatoms. The molecular weight excluding hydrogens is 260 g/mol. The highest BCUT2D eigenvalue weighted by atomic mass is 16.5. The molecule has 0 aliphatic heterocycles. The first-order chi connectivity index (χ1) is 10.3. The normalized spacial score (nSPS) is 10.9. The van der Waals surface area contributed by atoms with E-state index in [2.05, 4.69) is 19.1 Å². The summed E-state index contributed by atoms with van der Waals surface area (Å²) in [5.41, 5.74) is 0. The molecule has 0 N–H and O–H groups in total. The van der Waals surface area contributed by atoms with Crippen LogP contribution in [0.4, 0.5) is 0 Å². The Labute approximate surface area is 129 Å². The number of carbonyl (C=O) groups is 1. The van der Waals surface area contributed by atoms with Crippen LogP contribution in [0.15, 0.2) is 42.5 Å². The van der Waals surface area contributed by atoms with E-state index in [1.54, 1.807) is 12.1 Å². The fourth-order valence-corrected chi connectivity index (χ4v) is 2.15. The molecule has 2 nitrogen and oxygen atoms in total. The predicted octanol–water partition coefficient (Wildman–Crippen LogP) is 5.68. The number of carbonyl (C=O) groups excluding carboxylic acids is 1. The molecule has 0 fully saturated rings. The van der Waals surface area contributed by atoms with Crippen molar-refractivity contribution in [2.24, 2.45) is 0 Å². The fourth-order valence-electron chi connectivity index (χ4n) is 2.15. The second-order valence-electron chi connectivity index (χ2n) is 5.35. The van der Waals surface area contributed by atoms with Crippen molar-refractivity contribution in [1.29, 1.82) is 0 Å². The molecule has 0 aliphatic carbocycles. The van der Waals surface area contributed by atoms with E-state index in [1.165, 1.54) is 38.5 Å². The van der Waals surface area contributed by atoms with Gasteiger partial charge in [0.1, 0.15) is 5.75 Å². The molecule has 1 aromatic carbocycles. The van der Waals surface area contributed by atoms with Crippen LogP contribution in [0.5, 0.6) is 5.75 Å². The van der Waals surface area contributed by atoms with Gasteiger partial charge in [-0.25, -0.2) is 0 Å². The highest BCUT2D eigenvalue weighted by Crippen LogP contribution is 2.10. The lowest BCUT2D eigenvalue weighted by Crippen LogP contribution is -2.06. The van der Waals surface area contributed by atoms with Gasteiger partial charge < -0.3 is 4.74 Å². The molecule has 1 rings (SSSR count). The Kier molecular flexibility index (Phi) is 10.1. The van der Waals surface area contributed by atoms with E-state index in [0.717, 1.165) is 12.8 Å². The topological polar surface area (TPSA) is 26.3 Å². The van der Waals surface area contributed by atoms with Gasteiger partial charge in [0.2, 0.25) is 0 Å². The van der Waals surface area contributed by atoms with E-state index < -0.39 is 0 Å². The number of benzene rings is 1. The quantitative estimate of drug-likeness (QED) is 0.227. The molecule has 21 heavy (non-hydrogen) atoms. The molecule has 0 bridgehead atoms. The third-order valence-corrected chi connectivity index (χ3v) is 3.38. The molecular formula is C19H28O2. The van der Waals surface area contributed by atoms with E-state index in [9.17, 15) is 4.79 Å². The minimum atomic E-state index is -0.162. The maximum atomic E-state index is 11.6. The molecule has 0 heterocycles. The van der Waals surface area contributed by atoms with Gasteiger partial charge in [0, 0.05) is 6.42 Å². The Balaban J connectivity index is 1.97. The average Bonchev–Trinajstić information content (AvgIpc) is 2.50. The maximum Gasteiger partial charge on any atom is 0.311 e. The molecule has 0 atom stereocenters. The van der Waals surface area contributed by atoms with Crippen LogP contribution in [0.3, 0.4) is 0 Å². The molecule has 0 spiro atoms. The second-order valence-corrected chi connectivity index (χ2v) is 5.35. The van der Waals surface area contributed by atoms with Crippen LogP contribution in [0, 0.1) is 0 Å². The summed E-state index contributed by atoms with van der Waals surface area (Å²) in [5.74, 6) is 0.462. The van der Waals surface area contributed by atoms with Crippen LogP contribution in [0.1, 0.15) is 64.7 Å². The number of rotatable bonds is 11. The summed E-state index contributed by atoms with van der Waals surface area (Å²) in [7, 11) is 0. The molecule has 0 unspecified atom stereocenters. The second kappa shape index (κ2) is 12.2. The van der Waals surface area contributed by atoms with Gasteiger partial charge in [0.15, 0.2) is 0 Å². The summed E-state index contributed by atoms with van der Waals surface area (Å²) in [6.45, 7) is 2.24. The molecule has 0 radical (unpaired) electrons. The first-order valence-electron chi connectivity index (χ1n) is 8.23. The number of unbranched alkanes of at least 4 members (excludes halogenated alkanes) is 6. The Bertz CT molecular complexity index is 395. The third-order valence-electron chi connectivity index (χ3n) is 3.38. The van der Waals surface area contributed by atoms with Crippen LogP contribution >= 0.6 is 0 Å². The van der Waals surface area contributed by atoms with Crippen molar-refractivity contribution in [3.8, 4) is 5.75 Å². The zero-order valence-electron chi connectivity index (χ0n) is 13.2. The van der Waals surface area contributed by atoms with Crippen molar-refractivity contribution in [3.63, 3.8) is 0 Å². The number of hydrogen-bond acceptors (Lipinski definition) is 2. The van der Waals surface area contributed by atoms with Gasteiger partial charge in [-0.1, -0.05) is 69.4 Å². The van der Waals surface area contributed by atoms with Gasteiger partial charge >= 0.3 is 5.97 Å². The van der Waals surface area contributed by atoms with E-state index in [4.69, 9.17) is 4.74 Å². The van der Waals surface area contributed by atoms with Gasteiger partial charge in [0.05, 0.1) is 0 Å². The van der Waals surface area contributed by atoms with E-state index in [0.29, 0.717) is 12.2 Å². The van der Waals surface area contributed by atoms with Gasteiger partial charge in [-0.05, 0) is 31.4 Å². The SMILES string of the molecule is CCCCCCCC/C=C/CCC(=O)Oc1ccccc1. The number of ether oxygens (including phenoxy) is 1. The number of para-hydroxylation sites is 1. The fraction of sp³-hybridized carbons (Fsp3) is 0.526. The molecule has 0 saturated heterocycles. The highest BCUT2D eigenvalue weighted by molar-refractivity contribution is 5.72. The smallest absolute Gasteiger partial charge is 0.311 e. The third kappa shape index (κ3) is 9.89. The van der Waals surface area contributed by atoms with Crippen LogP contribution < -0.4 is 4.74 Å². The molecule has 116 valence electrons. The monoisotopic (exact) mass is 288 g/mol. The van der Waals surface area contributed by atoms with Crippen molar-refractivity contribution >= 4 is 5.97 Å². The average molecular weight is 288 g/mol. The highest BCUT2D eigenvalue weighted by Gasteiger charge is 2.02. The zero-order valence-corrected chi connectivity index (χ0v) is 13.2. The van der Waals surface area contributed by atoms with Crippen LogP contribution in [-0.4, -0.2) is 5.97 Å². The van der Waals surface area contributed by atoms with Crippen molar-refractivity contribution in [2.45, 2.75) is 64.7 Å². The molecule has 1 aromatic rings. The van der Waals surface area contributed by atoms with Crippen molar-refractivity contribution in [1.82, 2.24) is 0 Å². The van der Waals surface area contributed by atoms with E-state index in [-0.39, 0.29) is 5.97 Å². The van der Waals surface area contributed by atoms with Gasteiger partial charge in [0.25, 0.3) is 0 Å². The van der Waals surface area contributed by atoms with E-state index >= 15 is 0 Å². The standard InChI is InChI=1S/C19H28O2/c1-2-3-4-5-6-7-8-9-10-14-17-19(20)21-18-15-12-11-13-16-18/h9-13,15-16H,2-8,14,17H2,1H3/b10-9+. The predicted molar refractivity (Wildman–Crippen MR) is 88.4 cm³/mol. The Morgan fingerprint density at radius 1 is 0.952 bits per heavy atom.